The van der Waals surface area contributed by atoms with Gasteiger partial charge in [0.25, 0.3) is 0 Å². The van der Waals surface area contributed by atoms with Gasteiger partial charge in [-0.25, -0.2) is 4.98 Å². The number of primary amides is 1. The summed E-state index contributed by atoms with van der Waals surface area (Å²) < 4.78 is 0. The Labute approximate surface area is 361 Å². The Bertz CT molecular complexity index is 2260. The molecule has 3 heterocycles. The Morgan fingerprint density at radius 3 is 2.17 bits per heavy atom. The fourth-order valence-electron chi connectivity index (χ4n) is 6.87. The van der Waals surface area contributed by atoms with Crippen LogP contribution in [0.3, 0.4) is 0 Å². The highest BCUT2D eigenvalue weighted by Crippen LogP contribution is 2.19. The minimum absolute atomic E-state index is 0.0109. The summed E-state index contributed by atoms with van der Waals surface area (Å²) in [5.74, 6) is -6.54. The number of rotatable bonds is 10. The normalized spacial score (nSPS) is 21.4. The molecule has 2 aromatic carbocycles. The second-order valence-corrected chi connectivity index (χ2v) is 15.0. The van der Waals surface area contributed by atoms with Gasteiger partial charge in [-0.15, -0.1) is 0 Å². The lowest BCUT2D eigenvalue weighted by Crippen LogP contribution is -2.59. The minimum Gasteiger partial charge on any atom is -0.368 e. The average molecular weight is 869 g/mol. The van der Waals surface area contributed by atoms with E-state index in [1.54, 1.807) is 36.5 Å². The van der Waals surface area contributed by atoms with Crippen LogP contribution >= 0.6 is 0 Å². The molecule has 63 heavy (non-hydrogen) atoms. The van der Waals surface area contributed by atoms with Gasteiger partial charge in [0, 0.05) is 68.1 Å². The number of hydrogen-bond donors (Lipinski definition) is 11. The highest BCUT2D eigenvalue weighted by Gasteiger charge is 2.32. The van der Waals surface area contributed by atoms with Gasteiger partial charge in [0.1, 0.15) is 30.2 Å². The van der Waals surface area contributed by atoms with Crippen LogP contribution in [0.5, 0.6) is 0 Å². The van der Waals surface area contributed by atoms with E-state index >= 15 is 0 Å². The smallest absolute Gasteiger partial charge is 0.243 e. The maximum Gasteiger partial charge on any atom is 0.243 e. The van der Waals surface area contributed by atoms with Gasteiger partial charge in [-0.1, -0.05) is 48.5 Å². The zero-order valence-corrected chi connectivity index (χ0v) is 34.6. The van der Waals surface area contributed by atoms with Crippen molar-refractivity contribution in [3.05, 3.63) is 90.1 Å². The van der Waals surface area contributed by atoms with Crippen LogP contribution in [0.15, 0.2) is 73.3 Å². The van der Waals surface area contributed by atoms with E-state index in [0.717, 1.165) is 10.9 Å². The Morgan fingerprint density at radius 1 is 0.746 bits per heavy atom. The SMILES string of the molecule is CC(=O)NCC(=O)NC1CCC(=O)NCCCC(C(N)=O)NC(=O)[C@H](Cc2c[nH]c3ccccc23)NC(=O)CNC(=O)C(Cc2ccccc2)NC(=O)[C@H](Cc2cnc[nH]2)NC1=O. The third-order valence-electron chi connectivity index (χ3n) is 10.2. The van der Waals surface area contributed by atoms with Gasteiger partial charge in [0.15, 0.2) is 0 Å². The van der Waals surface area contributed by atoms with Crippen molar-refractivity contribution >= 4 is 64.1 Å². The molecule has 4 aromatic rings. The first-order valence-corrected chi connectivity index (χ1v) is 20.4. The first-order valence-electron chi connectivity index (χ1n) is 20.4. The van der Waals surface area contributed by atoms with Crippen molar-refractivity contribution < 1.29 is 43.2 Å². The number of aromatic amines is 2. The summed E-state index contributed by atoms with van der Waals surface area (Å²) in [6.45, 7) is 0.150. The number of carbonyl (C=O) groups excluding carboxylic acids is 9. The lowest BCUT2D eigenvalue weighted by Gasteiger charge is -2.25. The Balaban J connectivity index is 1.44. The molecular weight excluding hydrogens is 817 g/mol. The Hall–Kier alpha value is -7.58. The number of para-hydroxylation sites is 1. The molecule has 0 saturated carbocycles. The van der Waals surface area contributed by atoms with Crippen LogP contribution in [0.25, 0.3) is 10.9 Å². The zero-order valence-electron chi connectivity index (χ0n) is 34.6. The number of fused-ring (bicyclic) bond motifs is 1. The molecule has 1 fully saturated rings. The van der Waals surface area contributed by atoms with Crippen molar-refractivity contribution in [2.45, 2.75) is 82.1 Å². The van der Waals surface area contributed by atoms with Crippen molar-refractivity contribution in [2.24, 2.45) is 5.73 Å². The monoisotopic (exact) mass is 868 g/mol. The summed E-state index contributed by atoms with van der Waals surface area (Å²) in [6, 6.07) is 9.60. The number of nitrogens with two attached hydrogens (primary N) is 1. The maximum atomic E-state index is 14.1. The maximum absolute atomic E-state index is 14.1. The molecule has 12 N–H and O–H groups in total. The van der Waals surface area contributed by atoms with Gasteiger partial charge in [-0.05, 0) is 36.5 Å². The molecule has 2 aromatic heterocycles. The van der Waals surface area contributed by atoms with Gasteiger partial charge >= 0.3 is 0 Å². The van der Waals surface area contributed by atoms with E-state index in [2.05, 4.69) is 57.5 Å². The first-order chi connectivity index (χ1) is 30.2. The average Bonchev–Trinajstić information content (AvgIpc) is 3.93. The lowest BCUT2D eigenvalue weighted by molar-refractivity contribution is -0.134. The topological polar surface area (TPSA) is 320 Å². The van der Waals surface area contributed by atoms with Crippen molar-refractivity contribution in [3.63, 3.8) is 0 Å². The molecule has 3 unspecified atom stereocenters. The van der Waals surface area contributed by atoms with Gasteiger partial charge in [0.2, 0.25) is 53.2 Å². The molecule has 5 rings (SSSR count). The number of H-pyrrole nitrogens is 2. The molecule has 21 nitrogen and oxygen atoms in total. The standard InChI is InChI=1S/C42H52N12O9/c1-24(55)46-21-36(57)50-31-13-14-35(56)45-15-7-12-30(38(43)59)52-41(62)33(17-26-19-47-29-11-6-5-10-28(26)29)51-37(58)22-48-39(60)32(16-25-8-3-2-4-9-25)53-42(63)34(54-40(31)61)18-27-20-44-23-49-27/h2-6,8-11,19-20,23,30-34,47H,7,12-18,21-22H2,1H3,(H2,43,59)(H,44,49)(H,45,56)(H,46,55)(H,48,60)(H,50,57)(H,51,58)(H,52,62)(H,53,63)(H,54,61)/t30?,31?,32?,33-,34-/m0/s1. The van der Waals surface area contributed by atoms with E-state index in [1.165, 1.54) is 19.4 Å². The van der Waals surface area contributed by atoms with Crippen LogP contribution in [0.1, 0.15) is 49.4 Å². The lowest BCUT2D eigenvalue weighted by atomic mass is 10.0. The Morgan fingerprint density at radius 2 is 1.44 bits per heavy atom. The number of carbonyl (C=O) groups is 9. The van der Waals surface area contributed by atoms with Gasteiger partial charge in [-0.2, -0.15) is 0 Å². The van der Waals surface area contributed by atoms with E-state index < -0.39 is 96.5 Å². The van der Waals surface area contributed by atoms with E-state index in [9.17, 15) is 43.2 Å². The van der Waals surface area contributed by atoms with Crippen molar-refractivity contribution in [2.75, 3.05) is 19.6 Å². The Kier molecular flexibility index (Phi) is 16.9. The predicted octanol–water partition coefficient (Wildman–Crippen LogP) is -2.23. The van der Waals surface area contributed by atoms with Gasteiger partial charge < -0.3 is 58.2 Å². The third-order valence-corrected chi connectivity index (χ3v) is 10.2. The molecule has 0 radical (unpaired) electrons. The summed E-state index contributed by atoms with van der Waals surface area (Å²) in [7, 11) is 0. The van der Waals surface area contributed by atoms with Crippen LogP contribution in [-0.2, 0) is 62.4 Å². The van der Waals surface area contributed by atoms with Crippen LogP contribution in [-0.4, -0.2) is 118 Å². The van der Waals surface area contributed by atoms with Crippen molar-refractivity contribution in [3.8, 4) is 0 Å². The largest absolute Gasteiger partial charge is 0.368 e. The first kappa shape index (κ1) is 46.5. The number of aromatic nitrogens is 3. The van der Waals surface area contributed by atoms with E-state index in [-0.39, 0.29) is 51.5 Å². The zero-order chi connectivity index (χ0) is 45.3. The number of imidazole rings is 1. The molecule has 1 saturated heterocycles. The van der Waals surface area contributed by atoms with Crippen molar-refractivity contribution in [1.29, 1.82) is 0 Å². The highest BCUT2D eigenvalue weighted by molar-refractivity contribution is 5.97. The van der Waals surface area contributed by atoms with E-state index in [4.69, 9.17) is 5.73 Å². The molecule has 334 valence electrons. The summed E-state index contributed by atoms with van der Waals surface area (Å²) in [4.78, 5) is 129. The molecule has 0 aliphatic carbocycles. The second-order valence-electron chi connectivity index (χ2n) is 15.0. The summed E-state index contributed by atoms with van der Waals surface area (Å²) >= 11 is 0. The molecule has 9 amide bonds. The number of benzene rings is 2. The molecule has 1 aliphatic rings. The highest BCUT2D eigenvalue weighted by atomic mass is 16.2. The number of amides is 9. The number of hydrogen-bond acceptors (Lipinski definition) is 10. The minimum atomic E-state index is -1.37. The quantitative estimate of drug-likeness (QED) is 0.0815. The fraction of sp³-hybridized carbons (Fsp3) is 0.381. The second kappa shape index (κ2) is 22.9. The molecule has 1 aliphatic heterocycles. The molecule has 0 spiro atoms. The third kappa shape index (κ3) is 14.5. The van der Waals surface area contributed by atoms with Gasteiger partial charge in [-0.3, -0.25) is 43.2 Å². The molecule has 5 atom stereocenters. The summed E-state index contributed by atoms with van der Waals surface area (Å²) in [6.07, 6.45) is 3.99. The number of nitrogens with one attached hydrogen (secondary N) is 10. The van der Waals surface area contributed by atoms with Gasteiger partial charge in [0.05, 0.1) is 19.4 Å². The van der Waals surface area contributed by atoms with Crippen LogP contribution in [0, 0.1) is 0 Å². The summed E-state index contributed by atoms with van der Waals surface area (Å²) in [5.41, 5.74) is 8.22. The predicted molar refractivity (Wildman–Crippen MR) is 226 cm³/mol. The van der Waals surface area contributed by atoms with Crippen molar-refractivity contribution in [1.82, 2.24) is 57.5 Å². The van der Waals surface area contributed by atoms with Crippen LogP contribution < -0.4 is 48.3 Å². The number of nitrogens with zero attached hydrogens (tertiary/aromatic N) is 1. The van der Waals surface area contributed by atoms with E-state index in [0.29, 0.717) is 16.8 Å². The summed E-state index contributed by atoms with van der Waals surface area (Å²) in [5, 5.41) is 21.5. The van der Waals surface area contributed by atoms with Crippen LogP contribution in [0.2, 0.25) is 0 Å². The molecule has 0 bridgehead atoms. The molecule has 21 heteroatoms. The van der Waals surface area contributed by atoms with Crippen LogP contribution in [0.4, 0.5) is 0 Å². The van der Waals surface area contributed by atoms with E-state index in [1.807, 2.05) is 24.3 Å². The molecular formula is C42H52N12O9. The fourth-order valence-corrected chi connectivity index (χ4v) is 6.87.